The van der Waals surface area contributed by atoms with Crippen LogP contribution in [0.25, 0.3) is 0 Å². The molecule has 1 atom stereocenters. The molecule has 0 aromatic heterocycles. The lowest BCUT2D eigenvalue weighted by molar-refractivity contribution is -0.139. The molecule has 3 aromatic rings. The van der Waals surface area contributed by atoms with Crippen LogP contribution in [-0.4, -0.2) is 34.6 Å². The zero-order chi connectivity index (χ0) is 26.9. The Morgan fingerprint density at radius 3 is 2.24 bits per heavy atom. The third kappa shape index (κ3) is 8.41. The molecule has 1 aliphatic rings. The van der Waals surface area contributed by atoms with Crippen molar-refractivity contribution in [1.29, 1.82) is 0 Å². The minimum atomic E-state index is -0.633. The molecule has 0 aliphatic heterocycles. The van der Waals surface area contributed by atoms with Gasteiger partial charge in [-0.1, -0.05) is 96.2 Å². The Labute approximate surface area is 244 Å². The number of carbonyl (C=O) groups excluding carboxylic acids is 2. The van der Waals surface area contributed by atoms with Gasteiger partial charge in [-0.3, -0.25) is 9.59 Å². The van der Waals surface area contributed by atoms with Gasteiger partial charge < -0.3 is 10.2 Å². The fraction of sp³-hybridized carbons (Fsp3) is 0.333. The molecule has 200 valence electrons. The number of amides is 2. The van der Waals surface area contributed by atoms with Crippen molar-refractivity contribution >= 4 is 58.4 Å². The lowest BCUT2D eigenvalue weighted by Gasteiger charge is -2.32. The van der Waals surface area contributed by atoms with Gasteiger partial charge in [-0.25, -0.2) is 0 Å². The summed E-state index contributed by atoms with van der Waals surface area (Å²) in [4.78, 5) is 29.2. The van der Waals surface area contributed by atoms with Crippen LogP contribution >= 0.6 is 46.6 Å². The van der Waals surface area contributed by atoms with Gasteiger partial charge in [0.25, 0.3) is 0 Å². The smallest absolute Gasteiger partial charge is 0.243 e. The minimum absolute atomic E-state index is 0.0903. The Morgan fingerprint density at radius 1 is 0.868 bits per heavy atom. The first-order chi connectivity index (χ1) is 18.4. The molecule has 4 nitrogen and oxygen atoms in total. The van der Waals surface area contributed by atoms with Gasteiger partial charge in [-0.15, -0.1) is 11.8 Å². The number of nitrogens with zero attached hydrogens (tertiary/aromatic N) is 1. The maximum Gasteiger partial charge on any atom is 0.243 e. The summed E-state index contributed by atoms with van der Waals surface area (Å²) < 4.78 is 0. The van der Waals surface area contributed by atoms with Crippen molar-refractivity contribution in [2.24, 2.45) is 0 Å². The largest absolute Gasteiger partial charge is 0.352 e. The molecule has 4 rings (SSSR count). The summed E-state index contributed by atoms with van der Waals surface area (Å²) >= 11 is 19.8. The van der Waals surface area contributed by atoms with E-state index in [0.717, 1.165) is 42.4 Å². The third-order valence-corrected chi connectivity index (χ3v) is 8.70. The normalized spacial score (nSPS) is 14.3. The molecular formula is C30H31Cl3N2O2S. The summed E-state index contributed by atoms with van der Waals surface area (Å²) in [6.07, 6.45) is 4.64. The fourth-order valence-corrected chi connectivity index (χ4v) is 5.98. The van der Waals surface area contributed by atoms with E-state index >= 15 is 0 Å². The molecule has 0 spiro atoms. The number of rotatable bonds is 11. The van der Waals surface area contributed by atoms with Gasteiger partial charge in [0, 0.05) is 29.8 Å². The SMILES string of the molecule is O=C(NC1CCCC1)C(Cc1ccccc1)N(Cc1ccc(Cl)cc1)C(=O)CSCc1ccc(Cl)c(Cl)c1. The molecule has 1 saturated carbocycles. The number of hydrogen-bond donors (Lipinski definition) is 1. The fourth-order valence-electron chi connectivity index (χ4n) is 4.68. The van der Waals surface area contributed by atoms with Crippen LogP contribution in [0.1, 0.15) is 42.4 Å². The average Bonchev–Trinajstić information content (AvgIpc) is 3.43. The van der Waals surface area contributed by atoms with Gasteiger partial charge in [0.15, 0.2) is 0 Å². The van der Waals surface area contributed by atoms with Crippen LogP contribution in [-0.2, 0) is 28.3 Å². The number of nitrogens with one attached hydrogen (secondary N) is 1. The Hall–Kier alpha value is -2.18. The molecule has 1 aliphatic carbocycles. The molecule has 1 fully saturated rings. The van der Waals surface area contributed by atoms with Crippen LogP contribution < -0.4 is 5.32 Å². The lowest BCUT2D eigenvalue weighted by Crippen LogP contribution is -2.52. The summed E-state index contributed by atoms with van der Waals surface area (Å²) in [5.74, 6) is 0.648. The molecule has 0 saturated heterocycles. The van der Waals surface area contributed by atoms with Crippen LogP contribution in [0, 0.1) is 0 Å². The van der Waals surface area contributed by atoms with E-state index in [1.165, 1.54) is 11.8 Å². The Balaban J connectivity index is 1.55. The Kier molecular flexibility index (Phi) is 10.8. The summed E-state index contributed by atoms with van der Waals surface area (Å²) in [6, 6.07) is 22.3. The molecule has 2 amide bonds. The topological polar surface area (TPSA) is 49.4 Å². The number of benzene rings is 3. The van der Waals surface area contributed by atoms with Gasteiger partial charge in [0.05, 0.1) is 15.8 Å². The highest BCUT2D eigenvalue weighted by Gasteiger charge is 2.32. The van der Waals surface area contributed by atoms with Crippen LogP contribution in [0.4, 0.5) is 0 Å². The molecule has 8 heteroatoms. The number of hydrogen-bond acceptors (Lipinski definition) is 3. The van der Waals surface area contributed by atoms with E-state index in [-0.39, 0.29) is 23.6 Å². The predicted molar refractivity (Wildman–Crippen MR) is 159 cm³/mol. The van der Waals surface area contributed by atoms with Gasteiger partial charge in [0.2, 0.25) is 11.8 Å². The van der Waals surface area contributed by atoms with Crippen molar-refractivity contribution in [3.8, 4) is 0 Å². The quantitative estimate of drug-likeness (QED) is 0.251. The first kappa shape index (κ1) is 28.8. The van der Waals surface area contributed by atoms with E-state index < -0.39 is 6.04 Å². The molecule has 1 N–H and O–H groups in total. The molecule has 0 heterocycles. The van der Waals surface area contributed by atoms with Crippen molar-refractivity contribution in [1.82, 2.24) is 10.2 Å². The van der Waals surface area contributed by atoms with Gasteiger partial charge >= 0.3 is 0 Å². The maximum atomic E-state index is 13.8. The van der Waals surface area contributed by atoms with Crippen molar-refractivity contribution in [3.63, 3.8) is 0 Å². The minimum Gasteiger partial charge on any atom is -0.352 e. The van der Waals surface area contributed by atoms with Crippen molar-refractivity contribution < 1.29 is 9.59 Å². The van der Waals surface area contributed by atoms with E-state index in [0.29, 0.717) is 33.8 Å². The Morgan fingerprint density at radius 2 is 1.55 bits per heavy atom. The van der Waals surface area contributed by atoms with Gasteiger partial charge in [-0.2, -0.15) is 0 Å². The van der Waals surface area contributed by atoms with Crippen LogP contribution in [0.2, 0.25) is 15.1 Å². The first-order valence-corrected chi connectivity index (χ1v) is 15.1. The summed E-state index contributed by atoms with van der Waals surface area (Å²) in [5.41, 5.74) is 2.92. The van der Waals surface area contributed by atoms with Crippen molar-refractivity contribution in [2.45, 2.75) is 56.5 Å². The highest BCUT2D eigenvalue weighted by Crippen LogP contribution is 2.26. The van der Waals surface area contributed by atoms with E-state index in [1.807, 2.05) is 66.7 Å². The highest BCUT2D eigenvalue weighted by atomic mass is 35.5. The van der Waals surface area contributed by atoms with Gasteiger partial charge in [-0.05, 0) is 53.8 Å². The van der Waals surface area contributed by atoms with E-state index in [1.54, 1.807) is 11.0 Å². The van der Waals surface area contributed by atoms with E-state index in [4.69, 9.17) is 34.8 Å². The zero-order valence-electron chi connectivity index (χ0n) is 21.0. The maximum absolute atomic E-state index is 13.8. The second-order valence-electron chi connectivity index (χ2n) is 9.58. The average molecular weight is 590 g/mol. The van der Waals surface area contributed by atoms with Crippen LogP contribution in [0.5, 0.6) is 0 Å². The standard InChI is InChI=1S/C30H31Cl3N2O2S/c31-24-13-10-22(11-14-24)18-35(29(36)20-38-19-23-12-15-26(32)27(33)16-23)28(17-21-6-2-1-3-7-21)30(37)34-25-8-4-5-9-25/h1-3,6-7,10-16,25,28H,4-5,8-9,17-20H2,(H,34,37). The molecule has 38 heavy (non-hydrogen) atoms. The number of thioether (sulfide) groups is 1. The second kappa shape index (κ2) is 14.3. The first-order valence-electron chi connectivity index (χ1n) is 12.8. The summed E-state index contributed by atoms with van der Waals surface area (Å²) in [6.45, 7) is 0.318. The van der Waals surface area contributed by atoms with Crippen molar-refractivity contribution in [3.05, 3.63) is 105 Å². The van der Waals surface area contributed by atoms with Crippen molar-refractivity contribution in [2.75, 3.05) is 5.75 Å². The highest BCUT2D eigenvalue weighted by molar-refractivity contribution is 7.99. The number of carbonyl (C=O) groups is 2. The van der Waals surface area contributed by atoms with Crippen LogP contribution in [0.15, 0.2) is 72.8 Å². The Bertz CT molecular complexity index is 1220. The lowest BCUT2D eigenvalue weighted by atomic mass is 10.0. The molecule has 0 radical (unpaired) electrons. The van der Waals surface area contributed by atoms with Crippen LogP contribution in [0.3, 0.4) is 0 Å². The summed E-state index contributed by atoms with van der Waals surface area (Å²) in [5, 5.41) is 4.86. The molecule has 3 aromatic carbocycles. The molecular weight excluding hydrogens is 559 g/mol. The third-order valence-electron chi connectivity index (χ3n) is 6.72. The zero-order valence-corrected chi connectivity index (χ0v) is 24.1. The molecule has 0 bridgehead atoms. The van der Waals surface area contributed by atoms with E-state index in [9.17, 15) is 9.59 Å². The predicted octanol–water partition coefficient (Wildman–Crippen LogP) is 7.58. The second-order valence-corrected chi connectivity index (χ2v) is 11.8. The van der Waals surface area contributed by atoms with E-state index in [2.05, 4.69) is 5.32 Å². The number of halogens is 3. The summed E-state index contributed by atoms with van der Waals surface area (Å²) in [7, 11) is 0. The van der Waals surface area contributed by atoms with Gasteiger partial charge in [0.1, 0.15) is 6.04 Å². The molecule has 1 unspecified atom stereocenters. The monoisotopic (exact) mass is 588 g/mol.